The Morgan fingerprint density at radius 2 is 1.46 bits per heavy atom. The van der Waals surface area contributed by atoms with Crippen molar-refractivity contribution in [2.45, 2.75) is 46.1 Å². The number of benzene rings is 2. The van der Waals surface area contributed by atoms with Crippen LogP contribution in [0, 0.1) is 0 Å². The summed E-state index contributed by atoms with van der Waals surface area (Å²) in [6.45, 7) is 11.2. The van der Waals surface area contributed by atoms with Crippen LogP contribution < -0.4 is 5.32 Å². The summed E-state index contributed by atoms with van der Waals surface area (Å²) in [7, 11) is 0. The highest BCUT2D eigenvalue weighted by Gasteiger charge is 2.28. The molecule has 0 spiro atoms. The molecule has 0 fully saturated rings. The van der Waals surface area contributed by atoms with Gasteiger partial charge in [-0.15, -0.1) is 0 Å². The Labute approximate surface area is 146 Å². The summed E-state index contributed by atoms with van der Waals surface area (Å²) in [4.78, 5) is 0. The minimum absolute atomic E-state index is 0.142. The highest BCUT2D eigenvalue weighted by molar-refractivity contribution is 5.54. The molecule has 1 unspecified atom stereocenters. The molecule has 2 aromatic rings. The van der Waals surface area contributed by atoms with Crippen molar-refractivity contribution in [3.8, 4) is 0 Å². The Balaban J connectivity index is 2.01. The number of anilines is 1. The first-order chi connectivity index (χ1) is 11.4. The van der Waals surface area contributed by atoms with Crippen LogP contribution in [0.4, 0.5) is 5.69 Å². The molecule has 0 aliphatic heterocycles. The molecule has 0 saturated carbocycles. The van der Waals surface area contributed by atoms with Crippen LogP contribution in [0.5, 0.6) is 0 Å². The van der Waals surface area contributed by atoms with Crippen LogP contribution in [0.25, 0.3) is 0 Å². The Kier molecular flexibility index (Phi) is 4.36. The highest BCUT2D eigenvalue weighted by Crippen LogP contribution is 2.41. The molecule has 0 heterocycles. The van der Waals surface area contributed by atoms with Gasteiger partial charge in [-0.1, -0.05) is 59.7 Å². The molecule has 24 heavy (non-hydrogen) atoms. The molecule has 3 rings (SSSR count). The fraction of sp³-hybridized carbons (Fsp3) is 0.304. The van der Waals surface area contributed by atoms with Gasteiger partial charge < -0.3 is 5.32 Å². The van der Waals surface area contributed by atoms with Crippen molar-refractivity contribution >= 4 is 5.69 Å². The number of hydrogen-bond acceptors (Lipinski definition) is 1. The first kappa shape index (κ1) is 16.6. The van der Waals surface area contributed by atoms with E-state index < -0.39 is 0 Å². The smallest absolute Gasteiger partial charge is 0.0572 e. The monoisotopic (exact) mass is 317 g/mol. The van der Waals surface area contributed by atoms with Crippen molar-refractivity contribution in [2.75, 3.05) is 5.32 Å². The van der Waals surface area contributed by atoms with E-state index in [4.69, 9.17) is 0 Å². The Bertz CT molecular complexity index is 794. The lowest BCUT2D eigenvalue weighted by molar-refractivity contribution is 0.600. The van der Waals surface area contributed by atoms with Gasteiger partial charge in [0.05, 0.1) is 5.54 Å². The van der Waals surface area contributed by atoms with Gasteiger partial charge in [0, 0.05) is 11.6 Å². The van der Waals surface area contributed by atoms with Crippen molar-refractivity contribution in [3.63, 3.8) is 0 Å². The second kappa shape index (κ2) is 6.32. The van der Waals surface area contributed by atoms with Crippen LogP contribution in [0.1, 0.15) is 51.7 Å². The van der Waals surface area contributed by atoms with Crippen molar-refractivity contribution < 1.29 is 0 Å². The van der Waals surface area contributed by atoms with Crippen LogP contribution in [-0.4, -0.2) is 0 Å². The van der Waals surface area contributed by atoms with Crippen LogP contribution in [-0.2, 0) is 5.54 Å². The van der Waals surface area contributed by atoms with E-state index in [1.807, 2.05) is 0 Å². The number of hydrogen-bond donors (Lipinski definition) is 1. The fourth-order valence-corrected chi connectivity index (χ4v) is 3.65. The number of allylic oxidation sites excluding steroid dienone is 4. The van der Waals surface area contributed by atoms with Crippen molar-refractivity contribution in [1.82, 2.24) is 0 Å². The minimum Gasteiger partial charge on any atom is -0.376 e. The summed E-state index contributed by atoms with van der Waals surface area (Å²) in [5, 5.41) is 3.70. The van der Waals surface area contributed by atoms with E-state index >= 15 is 0 Å². The van der Waals surface area contributed by atoms with Gasteiger partial charge in [-0.2, -0.15) is 0 Å². The molecule has 0 radical (unpaired) electrons. The molecule has 1 aliphatic carbocycles. The SMILES string of the molecule is CC1=CC(c2ccccc2C(C)(C)Nc2ccccc2)C(C)=C1C. The lowest BCUT2D eigenvalue weighted by Crippen LogP contribution is -2.29. The van der Waals surface area contributed by atoms with Gasteiger partial charge in [0.25, 0.3) is 0 Å². The molecule has 1 N–H and O–H groups in total. The molecule has 1 heteroatoms. The minimum atomic E-state index is -0.142. The third-order valence-electron chi connectivity index (χ3n) is 5.27. The van der Waals surface area contributed by atoms with Crippen LogP contribution in [0.3, 0.4) is 0 Å². The van der Waals surface area contributed by atoms with E-state index in [-0.39, 0.29) is 5.54 Å². The molecular weight excluding hydrogens is 290 g/mol. The number of nitrogens with one attached hydrogen (secondary N) is 1. The van der Waals surface area contributed by atoms with Gasteiger partial charge in [-0.25, -0.2) is 0 Å². The van der Waals surface area contributed by atoms with E-state index in [2.05, 4.69) is 101 Å². The van der Waals surface area contributed by atoms with E-state index in [1.54, 1.807) is 0 Å². The standard InChI is InChI=1S/C23H27N/c1-16-15-21(18(3)17(16)2)20-13-9-10-14-22(20)23(4,5)24-19-11-7-6-8-12-19/h6-15,21,24H,1-5H3. The Hall–Kier alpha value is -2.28. The van der Waals surface area contributed by atoms with Crippen LogP contribution in [0.2, 0.25) is 0 Å². The van der Waals surface area contributed by atoms with Gasteiger partial charge in [0.1, 0.15) is 0 Å². The second-order valence-electron chi connectivity index (χ2n) is 7.34. The molecule has 1 nitrogen and oxygen atoms in total. The molecule has 0 bridgehead atoms. The van der Waals surface area contributed by atoms with Crippen LogP contribution >= 0.6 is 0 Å². The number of para-hydroxylation sites is 1. The first-order valence-corrected chi connectivity index (χ1v) is 8.69. The molecule has 124 valence electrons. The summed E-state index contributed by atoms with van der Waals surface area (Å²) in [5.41, 5.74) is 8.08. The maximum atomic E-state index is 3.70. The third-order valence-corrected chi connectivity index (χ3v) is 5.27. The zero-order valence-electron chi connectivity index (χ0n) is 15.4. The third kappa shape index (κ3) is 3.03. The normalized spacial score (nSPS) is 17.9. The zero-order chi connectivity index (χ0) is 17.3. The van der Waals surface area contributed by atoms with Crippen molar-refractivity contribution in [3.05, 3.63) is 88.5 Å². The summed E-state index contributed by atoms with van der Waals surface area (Å²) in [6.07, 6.45) is 2.40. The maximum Gasteiger partial charge on any atom is 0.0572 e. The lowest BCUT2D eigenvalue weighted by atomic mass is 9.82. The summed E-state index contributed by atoms with van der Waals surface area (Å²) < 4.78 is 0. The molecule has 1 atom stereocenters. The number of rotatable bonds is 4. The van der Waals surface area contributed by atoms with E-state index in [0.717, 1.165) is 5.69 Å². The van der Waals surface area contributed by atoms with E-state index in [9.17, 15) is 0 Å². The average molecular weight is 317 g/mol. The molecule has 0 saturated heterocycles. The predicted molar refractivity (Wildman–Crippen MR) is 104 cm³/mol. The summed E-state index contributed by atoms with van der Waals surface area (Å²) in [5.74, 6) is 0.387. The fourth-order valence-electron chi connectivity index (χ4n) is 3.65. The maximum absolute atomic E-state index is 3.70. The zero-order valence-corrected chi connectivity index (χ0v) is 15.4. The van der Waals surface area contributed by atoms with Crippen LogP contribution in [0.15, 0.2) is 77.4 Å². The van der Waals surface area contributed by atoms with E-state index in [0.29, 0.717) is 5.92 Å². The largest absolute Gasteiger partial charge is 0.376 e. The molecule has 1 aliphatic rings. The average Bonchev–Trinajstić information content (AvgIpc) is 2.83. The first-order valence-electron chi connectivity index (χ1n) is 8.69. The van der Waals surface area contributed by atoms with Crippen molar-refractivity contribution in [1.29, 1.82) is 0 Å². The van der Waals surface area contributed by atoms with Gasteiger partial charge in [-0.3, -0.25) is 0 Å². The lowest BCUT2D eigenvalue weighted by Gasteiger charge is -2.32. The summed E-state index contributed by atoms with van der Waals surface area (Å²) in [6, 6.07) is 19.3. The molecule has 2 aromatic carbocycles. The second-order valence-corrected chi connectivity index (χ2v) is 7.34. The quantitative estimate of drug-likeness (QED) is 0.686. The molecular formula is C23H27N. The van der Waals surface area contributed by atoms with Gasteiger partial charge in [0.15, 0.2) is 0 Å². The highest BCUT2D eigenvalue weighted by atomic mass is 15.0. The summed E-state index contributed by atoms with van der Waals surface area (Å²) >= 11 is 0. The predicted octanol–water partition coefficient (Wildman–Crippen LogP) is 6.41. The topological polar surface area (TPSA) is 12.0 Å². The van der Waals surface area contributed by atoms with E-state index in [1.165, 1.54) is 27.8 Å². The van der Waals surface area contributed by atoms with Gasteiger partial charge in [-0.05, 0) is 63.5 Å². The van der Waals surface area contributed by atoms with Gasteiger partial charge in [0.2, 0.25) is 0 Å². The van der Waals surface area contributed by atoms with Crippen molar-refractivity contribution in [2.24, 2.45) is 0 Å². The molecule has 0 amide bonds. The van der Waals surface area contributed by atoms with Gasteiger partial charge >= 0.3 is 0 Å². The molecule has 0 aromatic heterocycles. The Morgan fingerprint density at radius 1 is 0.833 bits per heavy atom. The Morgan fingerprint density at radius 3 is 2.08 bits per heavy atom.